The summed E-state index contributed by atoms with van der Waals surface area (Å²) < 4.78 is 15.9. The average molecular weight is 195 g/mol. The second-order valence-electron chi connectivity index (χ2n) is 3.18. The van der Waals surface area contributed by atoms with Crippen LogP contribution >= 0.6 is 0 Å². The number of nitrogens with two attached hydrogens (primary N) is 1. The van der Waals surface area contributed by atoms with Gasteiger partial charge in [0.1, 0.15) is 11.9 Å². The van der Waals surface area contributed by atoms with E-state index in [1.165, 1.54) is 0 Å². The van der Waals surface area contributed by atoms with Gasteiger partial charge in [-0.25, -0.2) is 0 Å². The monoisotopic (exact) mass is 195 g/mol. The van der Waals surface area contributed by atoms with Gasteiger partial charge in [0, 0.05) is 12.6 Å². The molecule has 1 aliphatic heterocycles. The summed E-state index contributed by atoms with van der Waals surface area (Å²) in [4.78, 5) is 0. The smallest absolute Gasteiger partial charge is 0.231 e. The molecule has 1 atom stereocenters. The van der Waals surface area contributed by atoms with E-state index >= 15 is 0 Å². The van der Waals surface area contributed by atoms with E-state index in [9.17, 15) is 0 Å². The maximum absolute atomic E-state index is 5.53. The molecule has 1 unspecified atom stereocenters. The highest BCUT2D eigenvalue weighted by Gasteiger charge is 2.14. The second kappa shape index (κ2) is 3.75. The van der Waals surface area contributed by atoms with Crippen LogP contribution in [0.25, 0.3) is 0 Å². The van der Waals surface area contributed by atoms with Gasteiger partial charge in [0.15, 0.2) is 11.5 Å². The van der Waals surface area contributed by atoms with E-state index in [-0.39, 0.29) is 12.9 Å². The van der Waals surface area contributed by atoms with Crippen LogP contribution in [0.15, 0.2) is 18.2 Å². The molecule has 2 rings (SSSR count). The van der Waals surface area contributed by atoms with Gasteiger partial charge in [-0.15, -0.1) is 0 Å². The Bertz CT molecular complexity index is 327. The normalized spacial score (nSPS) is 15.3. The van der Waals surface area contributed by atoms with Gasteiger partial charge in [0.25, 0.3) is 0 Å². The number of rotatable bonds is 3. The van der Waals surface area contributed by atoms with Gasteiger partial charge in [0.2, 0.25) is 6.79 Å². The van der Waals surface area contributed by atoms with Crippen LogP contribution in [0.4, 0.5) is 0 Å². The molecule has 4 heteroatoms. The lowest BCUT2D eigenvalue weighted by atomic mass is 10.3. The number of hydrogen-bond donors (Lipinski definition) is 1. The van der Waals surface area contributed by atoms with Crippen molar-refractivity contribution >= 4 is 0 Å². The van der Waals surface area contributed by atoms with Gasteiger partial charge in [-0.2, -0.15) is 0 Å². The lowest BCUT2D eigenvalue weighted by Gasteiger charge is -2.12. The average Bonchev–Trinajstić information content (AvgIpc) is 2.64. The van der Waals surface area contributed by atoms with Crippen molar-refractivity contribution < 1.29 is 14.2 Å². The highest BCUT2D eigenvalue weighted by Crippen LogP contribution is 2.35. The Kier molecular flexibility index (Phi) is 2.45. The predicted molar refractivity (Wildman–Crippen MR) is 51.7 cm³/mol. The minimum absolute atomic E-state index is 0.00960. The quantitative estimate of drug-likeness (QED) is 0.785. The molecule has 1 aromatic rings. The molecule has 0 saturated carbocycles. The van der Waals surface area contributed by atoms with Gasteiger partial charge in [0.05, 0.1) is 0 Å². The van der Waals surface area contributed by atoms with E-state index in [0.717, 1.165) is 17.2 Å². The molecular formula is C10H13NO3. The molecule has 0 fully saturated rings. The molecule has 4 nitrogen and oxygen atoms in total. The summed E-state index contributed by atoms with van der Waals surface area (Å²) in [5.74, 6) is 2.25. The molecule has 1 heterocycles. The summed E-state index contributed by atoms with van der Waals surface area (Å²) in [6.07, 6.45) is 0.00960. The maximum Gasteiger partial charge on any atom is 0.231 e. The number of benzene rings is 1. The Labute approximate surface area is 82.6 Å². The zero-order valence-electron chi connectivity index (χ0n) is 8.03. The first-order valence-corrected chi connectivity index (χ1v) is 4.56. The van der Waals surface area contributed by atoms with Crippen LogP contribution in [0.5, 0.6) is 17.2 Å². The van der Waals surface area contributed by atoms with Crippen molar-refractivity contribution in [1.29, 1.82) is 0 Å². The largest absolute Gasteiger partial charge is 0.489 e. The van der Waals surface area contributed by atoms with E-state index in [2.05, 4.69) is 0 Å². The molecule has 1 aromatic carbocycles. The third kappa shape index (κ3) is 1.75. The van der Waals surface area contributed by atoms with Gasteiger partial charge in [-0.1, -0.05) is 0 Å². The van der Waals surface area contributed by atoms with Crippen LogP contribution in [0.2, 0.25) is 0 Å². The molecule has 0 aromatic heterocycles. The molecule has 14 heavy (non-hydrogen) atoms. The van der Waals surface area contributed by atoms with Crippen LogP contribution in [-0.2, 0) is 0 Å². The fourth-order valence-electron chi connectivity index (χ4n) is 1.23. The molecule has 2 N–H and O–H groups in total. The summed E-state index contributed by atoms with van der Waals surface area (Å²) in [5.41, 5.74) is 5.45. The van der Waals surface area contributed by atoms with E-state index in [1.807, 2.05) is 25.1 Å². The Morgan fingerprint density at radius 2 is 2.21 bits per heavy atom. The lowest BCUT2D eigenvalue weighted by Crippen LogP contribution is -2.22. The van der Waals surface area contributed by atoms with Crippen molar-refractivity contribution in [2.75, 3.05) is 13.3 Å². The molecule has 76 valence electrons. The number of ether oxygens (including phenoxy) is 3. The van der Waals surface area contributed by atoms with E-state index in [1.54, 1.807) is 0 Å². The van der Waals surface area contributed by atoms with Crippen molar-refractivity contribution in [3.8, 4) is 17.2 Å². The fourth-order valence-corrected chi connectivity index (χ4v) is 1.23. The van der Waals surface area contributed by atoms with E-state index in [0.29, 0.717) is 6.54 Å². The van der Waals surface area contributed by atoms with E-state index < -0.39 is 0 Å². The van der Waals surface area contributed by atoms with Gasteiger partial charge < -0.3 is 19.9 Å². The standard InChI is InChI=1S/C10H13NO3/c1-7(5-11)14-8-2-3-9-10(4-8)13-6-12-9/h2-4,7H,5-6,11H2,1H3. The second-order valence-corrected chi connectivity index (χ2v) is 3.18. The highest BCUT2D eigenvalue weighted by atomic mass is 16.7. The summed E-state index contributed by atoms with van der Waals surface area (Å²) in [5, 5.41) is 0. The first-order chi connectivity index (χ1) is 6.79. The van der Waals surface area contributed by atoms with Crippen LogP contribution < -0.4 is 19.9 Å². The molecule has 0 spiro atoms. The third-order valence-corrected chi connectivity index (χ3v) is 2.01. The Morgan fingerprint density at radius 3 is 3.00 bits per heavy atom. The van der Waals surface area contributed by atoms with Crippen molar-refractivity contribution in [3.63, 3.8) is 0 Å². The fraction of sp³-hybridized carbons (Fsp3) is 0.400. The summed E-state index contributed by atoms with van der Waals surface area (Å²) in [7, 11) is 0. The number of fused-ring (bicyclic) bond motifs is 1. The Morgan fingerprint density at radius 1 is 1.43 bits per heavy atom. The SMILES string of the molecule is CC(CN)Oc1ccc2c(c1)OCO2. The molecule has 1 aliphatic rings. The van der Waals surface area contributed by atoms with Gasteiger partial charge in [-0.3, -0.25) is 0 Å². The Hall–Kier alpha value is -1.42. The van der Waals surface area contributed by atoms with E-state index in [4.69, 9.17) is 19.9 Å². The molecule has 0 aliphatic carbocycles. The molecule has 0 bridgehead atoms. The van der Waals surface area contributed by atoms with Crippen LogP contribution in [0.3, 0.4) is 0 Å². The third-order valence-electron chi connectivity index (χ3n) is 2.01. The van der Waals surface area contributed by atoms with Crippen molar-refractivity contribution in [1.82, 2.24) is 0 Å². The minimum atomic E-state index is 0.00960. The van der Waals surface area contributed by atoms with Crippen molar-refractivity contribution in [2.24, 2.45) is 5.73 Å². The first kappa shape index (κ1) is 9.15. The molecule has 0 amide bonds. The zero-order valence-corrected chi connectivity index (χ0v) is 8.03. The van der Waals surface area contributed by atoms with Gasteiger partial charge >= 0.3 is 0 Å². The zero-order chi connectivity index (χ0) is 9.97. The highest BCUT2D eigenvalue weighted by molar-refractivity contribution is 5.46. The van der Waals surface area contributed by atoms with Crippen molar-refractivity contribution in [2.45, 2.75) is 13.0 Å². The molecular weight excluding hydrogens is 182 g/mol. The van der Waals surface area contributed by atoms with Crippen molar-refractivity contribution in [3.05, 3.63) is 18.2 Å². The summed E-state index contributed by atoms with van der Waals surface area (Å²) in [6, 6.07) is 5.50. The molecule has 0 radical (unpaired) electrons. The van der Waals surface area contributed by atoms with Crippen LogP contribution in [0.1, 0.15) is 6.92 Å². The predicted octanol–water partition coefficient (Wildman–Crippen LogP) is 1.14. The topological polar surface area (TPSA) is 53.7 Å². The Balaban J connectivity index is 2.12. The molecule has 0 saturated heterocycles. The van der Waals surface area contributed by atoms with Crippen LogP contribution in [-0.4, -0.2) is 19.4 Å². The maximum atomic E-state index is 5.53. The number of hydrogen-bond acceptors (Lipinski definition) is 4. The minimum Gasteiger partial charge on any atom is -0.489 e. The van der Waals surface area contributed by atoms with Crippen LogP contribution in [0, 0.1) is 0 Å². The summed E-state index contributed by atoms with van der Waals surface area (Å²) >= 11 is 0. The van der Waals surface area contributed by atoms with Gasteiger partial charge in [-0.05, 0) is 19.1 Å². The first-order valence-electron chi connectivity index (χ1n) is 4.56. The lowest BCUT2D eigenvalue weighted by molar-refractivity contribution is 0.173. The summed E-state index contributed by atoms with van der Waals surface area (Å²) in [6.45, 7) is 2.70.